The van der Waals surface area contributed by atoms with Gasteiger partial charge in [-0.25, -0.2) is 4.52 Å². The molecule has 1 spiro atoms. The Kier molecular flexibility index (Phi) is 7.82. The first-order valence-electron chi connectivity index (χ1n) is 21.7. The molecule has 13 rings (SSSR count). The first-order valence-corrected chi connectivity index (χ1v) is 21.7. The molecule has 0 saturated carbocycles. The Balaban J connectivity index is 1.07. The van der Waals surface area contributed by atoms with Crippen molar-refractivity contribution < 1.29 is 0 Å². The maximum absolute atomic E-state index is 5.46. The van der Waals surface area contributed by atoms with E-state index in [1.54, 1.807) is 0 Å². The van der Waals surface area contributed by atoms with Gasteiger partial charge in [-0.2, -0.15) is 5.10 Å². The minimum absolute atomic E-state index is 0.441. The van der Waals surface area contributed by atoms with Gasteiger partial charge in [-0.05, 0) is 97.9 Å². The first kappa shape index (κ1) is 35.5. The highest BCUT2D eigenvalue weighted by Gasteiger charge is 2.51. The Morgan fingerprint density at radius 2 is 0.841 bits per heavy atom. The van der Waals surface area contributed by atoms with Crippen LogP contribution in [0.4, 0.5) is 17.1 Å². The Morgan fingerprint density at radius 1 is 0.365 bits per heavy atom. The van der Waals surface area contributed by atoms with E-state index in [1.165, 1.54) is 44.5 Å². The molecule has 294 valence electrons. The zero-order valence-electron chi connectivity index (χ0n) is 34.4. The fourth-order valence-corrected chi connectivity index (χ4v) is 10.8. The van der Waals surface area contributed by atoms with E-state index >= 15 is 0 Å². The van der Waals surface area contributed by atoms with E-state index in [9.17, 15) is 0 Å². The second kappa shape index (κ2) is 13.9. The maximum Gasteiger partial charge on any atom is 0.101 e. The third kappa shape index (κ3) is 5.17. The first-order chi connectivity index (χ1) is 31.3. The summed E-state index contributed by atoms with van der Waals surface area (Å²) in [4.78, 5) is 2.43. The number of benzene rings is 9. The molecule has 0 radical (unpaired) electrons. The Bertz CT molecular complexity index is 3490. The lowest BCUT2D eigenvalue weighted by molar-refractivity contribution is 0.793. The van der Waals surface area contributed by atoms with Gasteiger partial charge >= 0.3 is 0 Å². The number of hydrogen-bond donors (Lipinski definition) is 0. The predicted octanol–water partition coefficient (Wildman–Crippen LogP) is 15.3. The maximum atomic E-state index is 5.46. The van der Waals surface area contributed by atoms with E-state index in [4.69, 9.17) is 5.10 Å². The van der Waals surface area contributed by atoms with Gasteiger partial charge in [0.2, 0.25) is 0 Å². The summed E-state index contributed by atoms with van der Waals surface area (Å²) in [5, 5.41) is 7.74. The van der Waals surface area contributed by atoms with Crippen LogP contribution in [0.15, 0.2) is 237 Å². The highest BCUT2D eigenvalue weighted by atomic mass is 15.2. The van der Waals surface area contributed by atoms with Crippen LogP contribution in [-0.2, 0) is 5.41 Å². The summed E-state index contributed by atoms with van der Waals surface area (Å²) < 4.78 is 2.17. The summed E-state index contributed by atoms with van der Waals surface area (Å²) in [5.74, 6) is 0. The van der Waals surface area contributed by atoms with Crippen LogP contribution in [-0.4, -0.2) is 9.61 Å². The summed E-state index contributed by atoms with van der Waals surface area (Å²) in [7, 11) is 0. The molecule has 63 heavy (non-hydrogen) atoms. The van der Waals surface area contributed by atoms with Crippen LogP contribution in [0.2, 0.25) is 0 Å². The monoisotopic (exact) mass is 801 g/mol. The SMILES string of the molecule is c1ccc(-c2nn3c(-c4ccccc4)cc4cc(N(c5ccccc5)c5ccc6c(c5)C5(c7ccccc7-c7ccccc75)c5ccccc5-6)ccc4c3c2-c2ccccc2)cc1. The molecule has 9 aromatic carbocycles. The third-order valence-corrected chi connectivity index (χ3v) is 13.4. The average molecular weight is 802 g/mol. The molecule has 0 bridgehead atoms. The second-order valence-corrected chi connectivity index (χ2v) is 16.7. The largest absolute Gasteiger partial charge is 0.310 e. The number of para-hydroxylation sites is 1. The molecule has 0 fully saturated rings. The number of fused-ring (bicyclic) bond motifs is 13. The van der Waals surface area contributed by atoms with Crippen molar-refractivity contribution in [3.63, 3.8) is 0 Å². The molecular formula is C60H39N3. The van der Waals surface area contributed by atoms with E-state index < -0.39 is 5.41 Å². The summed E-state index contributed by atoms with van der Waals surface area (Å²) >= 11 is 0. The van der Waals surface area contributed by atoms with Gasteiger partial charge in [-0.15, -0.1) is 0 Å². The topological polar surface area (TPSA) is 20.5 Å². The zero-order chi connectivity index (χ0) is 41.5. The highest BCUT2D eigenvalue weighted by molar-refractivity contribution is 6.10. The van der Waals surface area contributed by atoms with Gasteiger partial charge < -0.3 is 4.90 Å². The number of hydrogen-bond acceptors (Lipinski definition) is 2. The molecule has 3 nitrogen and oxygen atoms in total. The van der Waals surface area contributed by atoms with Crippen molar-refractivity contribution in [3.05, 3.63) is 259 Å². The van der Waals surface area contributed by atoms with Crippen LogP contribution in [0.25, 0.3) is 72.2 Å². The van der Waals surface area contributed by atoms with Crippen molar-refractivity contribution >= 4 is 33.4 Å². The van der Waals surface area contributed by atoms with Gasteiger partial charge in [-0.1, -0.05) is 194 Å². The lowest BCUT2D eigenvalue weighted by atomic mass is 9.70. The van der Waals surface area contributed by atoms with Crippen LogP contribution in [0.5, 0.6) is 0 Å². The van der Waals surface area contributed by atoms with E-state index in [2.05, 4.69) is 246 Å². The number of aromatic nitrogens is 2. The summed E-state index contributed by atoms with van der Waals surface area (Å²) in [6.07, 6.45) is 0. The van der Waals surface area contributed by atoms with E-state index in [-0.39, 0.29) is 0 Å². The van der Waals surface area contributed by atoms with Crippen molar-refractivity contribution in [2.75, 3.05) is 4.90 Å². The second-order valence-electron chi connectivity index (χ2n) is 16.7. The molecule has 0 amide bonds. The molecule has 2 aromatic heterocycles. The molecule has 0 atom stereocenters. The summed E-state index contributed by atoms with van der Waals surface area (Å²) in [6.45, 7) is 0. The van der Waals surface area contributed by atoms with Crippen molar-refractivity contribution in [1.82, 2.24) is 9.61 Å². The Hall–Kier alpha value is -8.27. The summed E-state index contributed by atoms with van der Waals surface area (Å²) in [5.41, 5.74) is 20.9. The molecule has 0 aliphatic heterocycles. The van der Waals surface area contributed by atoms with Crippen LogP contribution < -0.4 is 4.90 Å². The molecule has 3 heteroatoms. The minimum atomic E-state index is -0.441. The van der Waals surface area contributed by atoms with Gasteiger partial charge in [0, 0.05) is 39.1 Å². The normalized spacial score (nSPS) is 12.9. The van der Waals surface area contributed by atoms with Crippen molar-refractivity contribution in [2.24, 2.45) is 0 Å². The fraction of sp³-hybridized carbons (Fsp3) is 0.0167. The lowest BCUT2D eigenvalue weighted by Crippen LogP contribution is -2.26. The van der Waals surface area contributed by atoms with E-state index in [0.29, 0.717) is 0 Å². The van der Waals surface area contributed by atoms with Crippen molar-refractivity contribution in [1.29, 1.82) is 0 Å². The van der Waals surface area contributed by atoms with Crippen molar-refractivity contribution in [2.45, 2.75) is 5.41 Å². The Morgan fingerprint density at radius 3 is 1.44 bits per heavy atom. The lowest BCUT2D eigenvalue weighted by Gasteiger charge is -2.32. The van der Waals surface area contributed by atoms with Gasteiger partial charge in [0.1, 0.15) is 5.69 Å². The van der Waals surface area contributed by atoms with E-state index in [0.717, 1.165) is 67.0 Å². The van der Waals surface area contributed by atoms with Crippen LogP contribution >= 0.6 is 0 Å². The van der Waals surface area contributed by atoms with Gasteiger partial charge in [-0.3, -0.25) is 0 Å². The molecule has 11 aromatic rings. The van der Waals surface area contributed by atoms with E-state index in [1.807, 2.05) is 0 Å². The molecule has 0 N–H and O–H groups in total. The molecule has 0 saturated heterocycles. The summed E-state index contributed by atoms with van der Waals surface area (Å²) in [6, 6.07) is 86.3. The van der Waals surface area contributed by atoms with Crippen LogP contribution in [0.1, 0.15) is 22.3 Å². The number of nitrogens with zero attached hydrogens (tertiary/aromatic N) is 3. The fourth-order valence-electron chi connectivity index (χ4n) is 10.8. The van der Waals surface area contributed by atoms with Gasteiger partial charge in [0.15, 0.2) is 0 Å². The minimum Gasteiger partial charge on any atom is -0.310 e. The number of pyridine rings is 1. The zero-order valence-corrected chi connectivity index (χ0v) is 34.4. The molecule has 2 heterocycles. The smallest absolute Gasteiger partial charge is 0.101 e. The highest BCUT2D eigenvalue weighted by Crippen LogP contribution is 2.63. The van der Waals surface area contributed by atoms with Crippen LogP contribution in [0.3, 0.4) is 0 Å². The Labute approximate surface area is 366 Å². The third-order valence-electron chi connectivity index (χ3n) is 13.4. The molecule has 2 aliphatic carbocycles. The average Bonchev–Trinajstić information content (AvgIpc) is 4.00. The molecule has 0 unspecified atom stereocenters. The molecular weight excluding hydrogens is 763 g/mol. The number of rotatable bonds is 6. The number of anilines is 3. The van der Waals surface area contributed by atoms with Crippen LogP contribution in [0, 0.1) is 0 Å². The van der Waals surface area contributed by atoms with Gasteiger partial charge in [0.05, 0.1) is 16.6 Å². The quantitative estimate of drug-likeness (QED) is 0.167. The van der Waals surface area contributed by atoms with Crippen molar-refractivity contribution in [3.8, 4) is 55.9 Å². The standard InChI is InChI=1S/C60H39N3/c1-5-19-40(20-6-1)56-38-43-37-45(33-35-47(43)59-57(41-21-7-2-8-22-41)58(61-63(56)59)42-23-9-3-10-24-42)62(44-25-11-4-12-26-44)46-34-36-51-50-29-15-18-32-54(50)60(55(51)39-46)52-30-16-13-27-48(52)49-28-14-17-31-53(49)60/h1-39H. The van der Waals surface area contributed by atoms with Gasteiger partial charge in [0.25, 0.3) is 0 Å². The molecule has 2 aliphatic rings. The predicted molar refractivity (Wildman–Crippen MR) is 260 cm³/mol.